The van der Waals surface area contributed by atoms with Gasteiger partial charge in [0, 0.05) is 44.2 Å². The van der Waals surface area contributed by atoms with Crippen LogP contribution in [-0.2, 0) is 20.0 Å². The van der Waals surface area contributed by atoms with Crippen molar-refractivity contribution in [2.45, 2.75) is 58.0 Å². The highest BCUT2D eigenvalue weighted by atomic mass is 35.5. The maximum absolute atomic E-state index is 13.8. The largest absolute Gasteiger partial charge is 0.370 e. The number of amides is 2. The number of halogens is 2. The van der Waals surface area contributed by atoms with E-state index >= 15 is 0 Å². The maximum Gasteiger partial charge on any atom is 0.269 e. The zero-order chi connectivity index (χ0) is 30.5. The van der Waals surface area contributed by atoms with Crippen molar-refractivity contribution in [3.05, 3.63) is 75.0 Å². The van der Waals surface area contributed by atoms with E-state index in [1.165, 1.54) is 18.9 Å². The second kappa shape index (κ2) is 11.7. The molecule has 2 atom stereocenters. The molecule has 230 valence electrons. The minimum Gasteiger partial charge on any atom is -0.370 e. The average Bonchev–Trinajstić information content (AvgIpc) is 3.37. The molecule has 0 radical (unpaired) electrons. The molecule has 2 unspecified atom stereocenters. The van der Waals surface area contributed by atoms with Gasteiger partial charge in [-0.25, -0.2) is 9.97 Å². The Balaban J connectivity index is 1.17. The van der Waals surface area contributed by atoms with Gasteiger partial charge in [0.25, 0.3) is 11.8 Å². The Labute approximate surface area is 266 Å². The molecule has 3 fully saturated rings. The summed E-state index contributed by atoms with van der Waals surface area (Å²) in [6.45, 7) is 4.52. The quantitative estimate of drug-likeness (QED) is 0.224. The lowest BCUT2D eigenvalue weighted by atomic mass is 9.87. The minimum atomic E-state index is -0.269. The van der Waals surface area contributed by atoms with E-state index in [1.54, 1.807) is 6.07 Å². The second-order valence-corrected chi connectivity index (χ2v) is 13.6. The Hall–Kier alpha value is -3.56. The average molecular weight is 635 g/mol. The molecule has 3 aliphatic rings. The first-order valence-electron chi connectivity index (χ1n) is 15.5. The van der Waals surface area contributed by atoms with Gasteiger partial charge in [-0.05, 0) is 79.2 Å². The van der Waals surface area contributed by atoms with Crippen molar-refractivity contribution in [1.29, 1.82) is 0 Å². The summed E-state index contributed by atoms with van der Waals surface area (Å²) in [6, 6.07) is 7.94. The highest BCUT2D eigenvalue weighted by Crippen LogP contribution is 2.47. The molecule has 2 aromatic heterocycles. The van der Waals surface area contributed by atoms with Crippen LogP contribution in [0.4, 0.5) is 5.69 Å². The molecule has 7 rings (SSSR count). The Bertz CT molecular complexity index is 1720. The number of hydrogen-bond donors (Lipinski definition) is 3. The standard InChI is InChI=1S/C33H37Cl2N7O2/c1-18-3-6-22(7-4-18)39-32(43)24-10-26-29(12-28(24)42-15-20-9-21(20)16-42)41(2)30(40-26)11-23-25(34)8-5-19(31(23)35)13-37-33(44)27-14-36-17-38-27/h5,8,10,12,14,17-18,20-22H,3-4,6-7,9,11,13,15-16H2,1-2H3,(H,36,38)(H,37,44)(H,39,43). The fourth-order valence-electron chi connectivity index (χ4n) is 6.89. The van der Waals surface area contributed by atoms with Gasteiger partial charge in [-0.1, -0.05) is 36.2 Å². The number of nitrogens with zero attached hydrogens (tertiary/aromatic N) is 4. The molecule has 2 amide bonds. The van der Waals surface area contributed by atoms with E-state index in [1.807, 2.05) is 19.2 Å². The van der Waals surface area contributed by atoms with Crippen molar-refractivity contribution >= 4 is 51.7 Å². The number of rotatable bonds is 8. The van der Waals surface area contributed by atoms with Gasteiger partial charge in [-0.15, -0.1) is 0 Å². The minimum absolute atomic E-state index is 0.00908. The number of H-pyrrole nitrogens is 1. The number of aromatic amines is 1. The smallest absolute Gasteiger partial charge is 0.269 e. The van der Waals surface area contributed by atoms with Crippen molar-refractivity contribution in [2.24, 2.45) is 24.8 Å². The number of aryl methyl sites for hydroxylation is 1. The van der Waals surface area contributed by atoms with Crippen LogP contribution < -0.4 is 15.5 Å². The zero-order valence-electron chi connectivity index (χ0n) is 25.0. The van der Waals surface area contributed by atoms with E-state index in [-0.39, 0.29) is 24.4 Å². The summed E-state index contributed by atoms with van der Waals surface area (Å²) in [5, 5.41) is 7.24. The van der Waals surface area contributed by atoms with Gasteiger partial charge in [-0.3, -0.25) is 9.59 Å². The Morgan fingerprint density at radius 3 is 2.57 bits per heavy atom. The number of fused-ring (bicyclic) bond motifs is 2. The van der Waals surface area contributed by atoms with Crippen LogP contribution in [0.3, 0.4) is 0 Å². The molecule has 3 heterocycles. The summed E-state index contributed by atoms with van der Waals surface area (Å²) >= 11 is 13.5. The molecule has 2 aliphatic carbocycles. The number of aromatic nitrogens is 4. The van der Waals surface area contributed by atoms with E-state index in [0.717, 1.165) is 90.2 Å². The van der Waals surface area contributed by atoms with Crippen LogP contribution in [0.25, 0.3) is 11.0 Å². The van der Waals surface area contributed by atoms with Gasteiger partial charge in [0.2, 0.25) is 0 Å². The first-order valence-corrected chi connectivity index (χ1v) is 16.3. The van der Waals surface area contributed by atoms with Crippen LogP contribution in [0.2, 0.25) is 10.0 Å². The number of benzene rings is 2. The van der Waals surface area contributed by atoms with Crippen LogP contribution >= 0.6 is 23.2 Å². The SMILES string of the molecule is CC1CCC(NC(=O)c2cc3nc(Cc4c(Cl)ccc(CNC(=O)c5cnc[nH]5)c4Cl)n(C)c3cc2N2CC3CC3C2)CC1. The van der Waals surface area contributed by atoms with Crippen molar-refractivity contribution in [1.82, 2.24) is 30.2 Å². The number of hydrogen-bond acceptors (Lipinski definition) is 5. The molecule has 2 aromatic carbocycles. The molecular formula is C33H37Cl2N7O2. The number of nitrogens with one attached hydrogen (secondary N) is 3. The molecule has 9 nitrogen and oxygen atoms in total. The normalized spacial score (nSPS) is 22.7. The third kappa shape index (κ3) is 5.68. The molecule has 0 bridgehead atoms. The highest BCUT2D eigenvalue weighted by Gasteiger charge is 2.46. The molecule has 44 heavy (non-hydrogen) atoms. The molecule has 1 aliphatic heterocycles. The number of carbonyl (C=O) groups excluding carboxylic acids is 2. The van der Waals surface area contributed by atoms with Crippen LogP contribution in [0.1, 0.15) is 76.8 Å². The van der Waals surface area contributed by atoms with Crippen molar-refractivity contribution in [3.63, 3.8) is 0 Å². The molecule has 3 N–H and O–H groups in total. The lowest BCUT2D eigenvalue weighted by Crippen LogP contribution is -2.38. The highest BCUT2D eigenvalue weighted by molar-refractivity contribution is 6.36. The van der Waals surface area contributed by atoms with Gasteiger partial charge < -0.3 is 25.1 Å². The first-order chi connectivity index (χ1) is 21.2. The van der Waals surface area contributed by atoms with Gasteiger partial charge >= 0.3 is 0 Å². The van der Waals surface area contributed by atoms with E-state index < -0.39 is 0 Å². The number of piperidine rings is 1. The molecule has 1 saturated heterocycles. The topological polar surface area (TPSA) is 108 Å². The summed E-state index contributed by atoms with van der Waals surface area (Å²) in [7, 11) is 2.00. The van der Waals surface area contributed by atoms with Crippen molar-refractivity contribution in [3.8, 4) is 0 Å². The van der Waals surface area contributed by atoms with E-state index in [0.29, 0.717) is 27.7 Å². The van der Waals surface area contributed by atoms with Gasteiger partial charge in [-0.2, -0.15) is 0 Å². The Morgan fingerprint density at radius 1 is 1.07 bits per heavy atom. The lowest BCUT2D eigenvalue weighted by Gasteiger charge is -2.28. The molecule has 2 saturated carbocycles. The summed E-state index contributed by atoms with van der Waals surface area (Å²) in [5.41, 5.74) is 5.30. The predicted molar refractivity (Wildman–Crippen MR) is 172 cm³/mol. The zero-order valence-corrected chi connectivity index (χ0v) is 26.5. The molecule has 0 spiro atoms. The van der Waals surface area contributed by atoms with Gasteiger partial charge in [0.15, 0.2) is 0 Å². The molecular weight excluding hydrogens is 597 g/mol. The fourth-order valence-corrected chi connectivity index (χ4v) is 7.47. The number of imidazole rings is 2. The van der Waals surface area contributed by atoms with Gasteiger partial charge in [0.05, 0.1) is 39.8 Å². The Morgan fingerprint density at radius 2 is 1.84 bits per heavy atom. The monoisotopic (exact) mass is 633 g/mol. The number of anilines is 1. The summed E-state index contributed by atoms with van der Waals surface area (Å²) < 4.78 is 2.07. The summed E-state index contributed by atoms with van der Waals surface area (Å²) in [6.07, 6.45) is 8.98. The van der Waals surface area contributed by atoms with E-state index in [2.05, 4.69) is 43.1 Å². The molecule has 11 heteroatoms. The van der Waals surface area contributed by atoms with Crippen molar-refractivity contribution < 1.29 is 9.59 Å². The van der Waals surface area contributed by atoms with Crippen LogP contribution in [0.5, 0.6) is 0 Å². The van der Waals surface area contributed by atoms with Gasteiger partial charge in [0.1, 0.15) is 11.5 Å². The predicted octanol–water partition coefficient (Wildman–Crippen LogP) is 5.89. The van der Waals surface area contributed by atoms with E-state index in [9.17, 15) is 9.59 Å². The van der Waals surface area contributed by atoms with Crippen molar-refractivity contribution in [2.75, 3.05) is 18.0 Å². The molecule has 4 aromatic rings. The fraction of sp³-hybridized carbons (Fsp3) is 0.455. The summed E-state index contributed by atoms with van der Waals surface area (Å²) in [5.74, 6) is 2.71. The lowest BCUT2D eigenvalue weighted by molar-refractivity contribution is 0.0921. The first kappa shape index (κ1) is 29.2. The number of carbonyl (C=O) groups is 2. The Kier molecular flexibility index (Phi) is 7.79. The maximum atomic E-state index is 13.8. The third-order valence-electron chi connectivity index (χ3n) is 9.79. The van der Waals surface area contributed by atoms with E-state index in [4.69, 9.17) is 28.2 Å². The van der Waals surface area contributed by atoms with Crippen LogP contribution in [0.15, 0.2) is 36.8 Å². The van der Waals surface area contributed by atoms with Crippen LogP contribution in [-0.4, -0.2) is 50.5 Å². The second-order valence-electron chi connectivity index (χ2n) is 12.9. The summed E-state index contributed by atoms with van der Waals surface area (Å²) in [4.78, 5) is 40.3. The third-order valence-corrected chi connectivity index (χ3v) is 10.6. The van der Waals surface area contributed by atoms with Crippen LogP contribution in [0, 0.1) is 17.8 Å².